The molecule has 0 radical (unpaired) electrons. The molecule has 2 atom stereocenters. The summed E-state index contributed by atoms with van der Waals surface area (Å²) in [4.78, 5) is 19.4. The third-order valence-electron chi connectivity index (χ3n) is 5.94. The number of carbonyl (C=O) groups excluding carboxylic acids is 1. The Hall–Kier alpha value is -3.34. The van der Waals surface area contributed by atoms with Crippen molar-refractivity contribution in [2.24, 2.45) is 0 Å². The fourth-order valence-corrected chi connectivity index (χ4v) is 4.60. The van der Waals surface area contributed by atoms with Gasteiger partial charge in [0.15, 0.2) is 0 Å². The maximum atomic E-state index is 13.2. The lowest BCUT2D eigenvalue weighted by Gasteiger charge is -2.39. The summed E-state index contributed by atoms with van der Waals surface area (Å²) < 4.78 is 12.0. The molecule has 5 nitrogen and oxygen atoms in total. The standard InChI is InChI=1S/C25H24N2O3/c28-25(18-8-12-22(13-9-18)29-21-5-2-1-3-6-21)27-19-10-11-20(27)16-24(15-19)30-23-7-4-14-26-17-23/h1-9,12-14,17,19-20,24H,10-11,15-16H2. The van der Waals surface area contributed by atoms with Gasteiger partial charge >= 0.3 is 0 Å². The third-order valence-corrected chi connectivity index (χ3v) is 5.94. The van der Waals surface area contributed by atoms with Crippen LogP contribution in [-0.4, -0.2) is 34.0 Å². The van der Waals surface area contributed by atoms with Gasteiger partial charge < -0.3 is 14.4 Å². The summed E-state index contributed by atoms with van der Waals surface area (Å²) in [7, 11) is 0. The zero-order valence-electron chi connectivity index (χ0n) is 16.7. The molecule has 2 saturated heterocycles. The average Bonchev–Trinajstić information content (AvgIpc) is 3.05. The average molecular weight is 400 g/mol. The molecule has 3 aromatic rings. The van der Waals surface area contributed by atoms with Crippen molar-refractivity contribution in [3.05, 3.63) is 84.7 Å². The molecule has 2 aliphatic rings. The number of ether oxygens (including phenoxy) is 2. The summed E-state index contributed by atoms with van der Waals surface area (Å²) in [5.74, 6) is 2.42. The van der Waals surface area contributed by atoms with Gasteiger partial charge in [0.2, 0.25) is 0 Å². The second-order valence-corrected chi connectivity index (χ2v) is 7.94. The summed E-state index contributed by atoms with van der Waals surface area (Å²) in [6.45, 7) is 0. The highest BCUT2D eigenvalue weighted by atomic mass is 16.5. The van der Waals surface area contributed by atoms with E-state index >= 15 is 0 Å². The smallest absolute Gasteiger partial charge is 0.254 e. The maximum Gasteiger partial charge on any atom is 0.254 e. The van der Waals surface area contributed by atoms with Crippen molar-refractivity contribution in [1.29, 1.82) is 0 Å². The molecule has 1 amide bonds. The minimum Gasteiger partial charge on any atom is -0.489 e. The van der Waals surface area contributed by atoms with Gasteiger partial charge in [-0.25, -0.2) is 0 Å². The molecule has 0 N–H and O–H groups in total. The van der Waals surface area contributed by atoms with Gasteiger partial charge in [-0.15, -0.1) is 0 Å². The molecule has 2 bridgehead atoms. The van der Waals surface area contributed by atoms with Crippen molar-refractivity contribution < 1.29 is 14.3 Å². The van der Waals surface area contributed by atoms with Gasteiger partial charge in [0, 0.05) is 36.7 Å². The number of pyridine rings is 1. The van der Waals surface area contributed by atoms with Crippen molar-refractivity contribution in [1.82, 2.24) is 9.88 Å². The first-order chi connectivity index (χ1) is 14.8. The van der Waals surface area contributed by atoms with E-state index < -0.39 is 0 Å². The normalized spacial score (nSPS) is 22.5. The van der Waals surface area contributed by atoms with Crippen LogP contribution >= 0.6 is 0 Å². The predicted octanol–water partition coefficient (Wildman–Crippen LogP) is 5.09. The van der Waals surface area contributed by atoms with Gasteiger partial charge in [0.05, 0.1) is 6.20 Å². The summed E-state index contributed by atoms with van der Waals surface area (Å²) >= 11 is 0. The van der Waals surface area contributed by atoms with E-state index in [2.05, 4.69) is 9.88 Å². The van der Waals surface area contributed by atoms with Crippen LogP contribution in [0.15, 0.2) is 79.1 Å². The number of fused-ring (bicyclic) bond motifs is 2. The first-order valence-electron chi connectivity index (χ1n) is 10.5. The monoisotopic (exact) mass is 400 g/mol. The van der Waals surface area contributed by atoms with Crippen LogP contribution in [0.25, 0.3) is 0 Å². The lowest BCUT2D eigenvalue weighted by Crippen LogP contribution is -2.49. The molecule has 0 aliphatic carbocycles. The Morgan fingerprint density at radius 1 is 0.833 bits per heavy atom. The lowest BCUT2D eigenvalue weighted by molar-refractivity contribution is 0.0358. The molecule has 3 heterocycles. The van der Waals surface area contributed by atoms with E-state index in [1.54, 1.807) is 12.4 Å². The number of nitrogens with zero attached hydrogens (tertiary/aromatic N) is 2. The van der Waals surface area contributed by atoms with Crippen molar-refractivity contribution >= 4 is 5.91 Å². The van der Waals surface area contributed by atoms with Gasteiger partial charge in [-0.3, -0.25) is 9.78 Å². The largest absolute Gasteiger partial charge is 0.489 e. The number of rotatable bonds is 5. The Kier molecular flexibility index (Phi) is 5.10. The number of hydrogen-bond donors (Lipinski definition) is 0. The molecule has 5 rings (SSSR count). The van der Waals surface area contributed by atoms with Crippen LogP contribution in [0.5, 0.6) is 17.2 Å². The fraction of sp³-hybridized carbons (Fsp3) is 0.280. The van der Waals surface area contributed by atoms with Crippen LogP contribution < -0.4 is 9.47 Å². The number of benzene rings is 2. The Bertz CT molecular complexity index is 978. The molecule has 0 spiro atoms. The zero-order valence-corrected chi connectivity index (χ0v) is 16.7. The summed E-state index contributed by atoms with van der Waals surface area (Å²) in [5.41, 5.74) is 0.707. The van der Waals surface area contributed by atoms with Crippen LogP contribution in [-0.2, 0) is 0 Å². The molecule has 2 aromatic carbocycles. The number of amides is 1. The second kappa shape index (κ2) is 8.19. The van der Waals surface area contributed by atoms with Gasteiger partial charge in [-0.05, 0) is 61.4 Å². The van der Waals surface area contributed by atoms with Crippen LogP contribution in [0.1, 0.15) is 36.0 Å². The Morgan fingerprint density at radius 2 is 1.50 bits per heavy atom. The Morgan fingerprint density at radius 3 is 2.17 bits per heavy atom. The molecule has 152 valence electrons. The summed E-state index contributed by atoms with van der Waals surface area (Å²) in [5, 5.41) is 0. The Balaban J connectivity index is 1.24. The number of aromatic nitrogens is 1. The molecule has 2 unspecified atom stereocenters. The van der Waals surface area contributed by atoms with Crippen LogP contribution in [0.3, 0.4) is 0 Å². The van der Waals surface area contributed by atoms with Crippen molar-refractivity contribution in [3.8, 4) is 17.2 Å². The third kappa shape index (κ3) is 3.88. The van der Waals surface area contributed by atoms with Crippen LogP contribution in [0.4, 0.5) is 0 Å². The van der Waals surface area contributed by atoms with Crippen molar-refractivity contribution in [2.75, 3.05) is 0 Å². The second-order valence-electron chi connectivity index (χ2n) is 7.94. The van der Waals surface area contributed by atoms with E-state index in [0.29, 0.717) is 5.56 Å². The first-order valence-corrected chi connectivity index (χ1v) is 10.5. The highest BCUT2D eigenvalue weighted by Crippen LogP contribution is 2.38. The first kappa shape index (κ1) is 18.7. The molecule has 30 heavy (non-hydrogen) atoms. The topological polar surface area (TPSA) is 51.7 Å². The van der Waals surface area contributed by atoms with Crippen molar-refractivity contribution in [2.45, 2.75) is 43.9 Å². The molecule has 1 aromatic heterocycles. The lowest BCUT2D eigenvalue weighted by atomic mass is 9.98. The number of hydrogen-bond acceptors (Lipinski definition) is 4. The zero-order chi connectivity index (χ0) is 20.3. The number of carbonyl (C=O) groups is 1. The minimum atomic E-state index is 0.105. The summed E-state index contributed by atoms with van der Waals surface area (Å²) in [6.07, 6.45) is 7.44. The molecular weight excluding hydrogens is 376 g/mol. The highest BCUT2D eigenvalue weighted by molar-refractivity contribution is 5.95. The SMILES string of the molecule is O=C(c1ccc(Oc2ccccc2)cc1)N1C2CCC1CC(Oc1cccnc1)C2. The molecule has 2 fully saturated rings. The summed E-state index contributed by atoms with van der Waals surface area (Å²) in [6, 6.07) is 21.4. The van der Waals surface area contributed by atoms with Gasteiger partial charge in [-0.1, -0.05) is 18.2 Å². The number of para-hydroxylation sites is 1. The highest BCUT2D eigenvalue weighted by Gasteiger charge is 2.44. The molecule has 2 aliphatic heterocycles. The van der Waals surface area contributed by atoms with Crippen molar-refractivity contribution in [3.63, 3.8) is 0 Å². The maximum absolute atomic E-state index is 13.2. The van der Waals surface area contributed by atoms with E-state index in [0.717, 1.165) is 42.9 Å². The predicted molar refractivity (Wildman–Crippen MR) is 114 cm³/mol. The van der Waals surface area contributed by atoms with E-state index in [-0.39, 0.29) is 24.1 Å². The quantitative estimate of drug-likeness (QED) is 0.599. The minimum absolute atomic E-state index is 0.105. The number of piperidine rings is 1. The van der Waals surface area contributed by atoms with Gasteiger partial charge in [0.1, 0.15) is 23.4 Å². The van der Waals surface area contributed by atoms with E-state index in [4.69, 9.17) is 9.47 Å². The van der Waals surface area contributed by atoms with Crippen LogP contribution in [0.2, 0.25) is 0 Å². The van der Waals surface area contributed by atoms with Gasteiger partial charge in [0.25, 0.3) is 5.91 Å². The van der Waals surface area contributed by atoms with E-state index in [9.17, 15) is 4.79 Å². The van der Waals surface area contributed by atoms with Gasteiger partial charge in [-0.2, -0.15) is 0 Å². The van der Waals surface area contributed by atoms with E-state index in [1.165, 1.54) is 0 Å². The molecule has 5 heteroatoms. The van der Waals surface area contributed by atoms with E-state index in [1.807, 2.05) is 66.7 Å². The molecular formula is C25H24N2O3. The van der Waals surface area contributed by atoms with Crippen LogP contribution in [0, 0.1) is 0 Å². The molecule has 0 saturated carbocycles. The Labute approximate surface area is 176 Å². The fourth-order valence-electron chi connectivity index (χ4n) is 4.60.